The second kappa shape index (κ2) is 75.6. The van der Waals surface area contributed by atoms with Gasteiger partial charge in [-0.25, -0.2) is 9.78 Å². The molecule has 0 aromatic carbocycles. The highest BCUT2D eigenvalue weighted by atomic mass is 33.1. The van der Waals surface area contributed by atoms with Gasteiger partial charge in [0.1, 0.15) is 5.03 Å². The van der Waals surface area contributed by atoms with E-state index < -0.39 is 17.8 Å². The number of carbonyl (C=O) groups is 4. The minimum atomic E-state index is -0.706. The van der Waals surface area contributed by atoms with E-state index in [4.69, 9.17) is 119 Å². The number of ether oxygens (including phenoxy) is 24. The SMILES string of the molecule is O=C(CCSSc1ccccn1)NCCOCCOCCOCCOCCOCCOCCOCCOCCOCCOCCOCCOCCOCCOCCOCCOCCOCCOCCOCCOCCOCCOCCOCCOCCC(=O)ON1C(=O)CCC1=O. The maximum Gasteiger partial charge on any atom is 0.335 e. The van der Waals surface area contributed by atoms with Gasteiger partial charge in [0.05, 0.1) is 324 Å². The molecule has 1 saturated heterocycles. The molecule has 0 spiro atoms. The predicted molar refractivity (Wildman–Crippen MR) is 352 cm³/mol. The summed E-state index contributed by atoms with van der Waals surface area (Å²) < 4.78 is 132. The molecule has 0 saturated carbocycles. The Morgan fingerprint density at radius 3 is 0.804 bits per heavy atom. The molecule has 2 rings (SSSR count). The van der Waals surface area contributed by atoms with Gasteiger partial charge in [-0.2, -0.15) is 0 Å². The second-order valence-electron chi connectivity index (χ2n) is 19.7. The Bertz CT molecular complexity index is 1840. The molecule has 0 atom stereocenters. The van der Waals surface area contributed by atoms with E-state index in [-0.39, 0.29) is 38.4 Å². The first-order valence-electron chi connectivity index (χ1n) is 33.5. The Balaban J connectivity index is 1.09. The van der Waals surface area contributed by atoms with Crippen molar-refractivity contribution in [2.75, 3.05) is 329 Å². The summed E-state index contributed by atoms with van der Waals surface area (Å²) in [5, 5.41) is 4.31. The number of aromatic nitrogens is 1. The van der Waals surface area contributed by atoms with Crippen molar-refractivity contribution in [1.82, 2.24) is 15.4 Å². The van der Waals surface area contributed by atoms with Gasteiger partial charge in [0.15, 0.2) is 0 Å². The Hall–Kier alpha value is -3.03. The Morgan fingerprint density at radius 1 is 0.330 bits per heavy atom. The molecule has 0 bridgehead atoms. The van der Waals surface area contributed by atoms with Crippen LogP contribution < -0.4 is 5.32 Å². The van der Waals surface area contributed by atoms with Crippen LogP contribution in [0.4, 0.5) is 0 Å². The number of nitrogens with zero attached hydrogens (tertiary/aromatic N) is 2. The molecule has 0 radical (unpaired) electrons. The Morgan fingerprint density at radius 2 is 0.567 bits per heavy atom. The van der Waals surface area contributed by atoms with Gasteiger partial charge >= 0.3 is 5.97 Å². The lowest BCUT2D eigenvalue weighted by molar-refractivity contribution is -0.198. The van der Waals surface area contributed by atoms with Crippen LogP contribution in [0.25, 0.3) is 0 Å². The van der Waals surface area contributed by atoms with E-state index in [2.05, 4.69) is 10.3 Å². The van der Waals surface area contributed by atoms with Crippen molar-refractivity contribution in [1.29, 1.82) is 0 Å². The fourth-order valence-electron chi connectivity index (χ4n) is 7.10. The molecule has 32 nitrogen and oxygen atoms in total. The normalized spacial score (nSPS) is 12.5. The molecule has 2 heterocycles. The number of pyridine rings is 1. The van der Waals surface area contributed by atoms with Crippen LogP contribution in [0, 0.1) is 0 Å². The van der Waals surface area contributed by atoms with Crippen LogP contribution in [0.2, 0.25) is 0 Å². The first-order valence-corrected chi connectivity index (χ1v) is 35.8. The standard InChI is InChI=1S/C63H113N3O29S2/c67-59(7-58-96-97-60-3-1-2-8-65-60)64-9-11-72-13-15-74-17-19-76-21-23-78-25-27-80-29-31-82-33-35-84-37-39-86-41-43-88-45-47-90-49-51-92-53-55-94-57-56-93-54-52-91-50-48-89-46-44-87-42-40-85-38-36-83-34-32-81-30-28-79-26-24-77-22-20-75-18-16-73-14-12-71-10-6-63(70)95-66-61(68)4-5-62(66)69/h1-3,8H,4-7,9-58H2,(H,64,67). The van der Waals surface area contributed by atoms with Gasteiger partial charge in [0, 0.05) is 37.8 Å². The van der Waals surface area contributed by atoms with E-state index in [1.807, 2.05) is 18.2 Å². The molecule has 1 fully saturated rings. The van der Waals surface area contributed by atoms with Crippen LogP contribution in [0.1, 0.15) is 25.7 Å². The highest BCUT2D eigenvalue weighted by Crippen LogP contribution is 2.29. The average Bonchev–Trinajstić information content (AvgIpc) is 2.03. The molecule has 1 N–H and O–H groups in total. The molecule has 0 aliphatic carbocycles. The number of rotatable bonds is 81. The van der Waals surface area contributed by atoms with Gasteiger partial charge in [-0.15, -0.1) is 5.06 Å². The van der Waals surface area contributed by atoms with Gasteiger partial charge in [-0.1, -0.05) is 16.9 Å². The predicted octanol–water partition coefficient (Wildman–Crippen LogP) is 1.72. The summed E-state index contributed by atoms with van der Waals surface area (Å²) in [6, 6.07) is 5.77. The molecule has 1 aromatic rings. The summed E-state index contributed by atoms with van der Waals surface area (Å²) in [5.74, 6) is -1.02. The minimum Gasteiger partial charge on any atom is -0.378 e. The van der Waals surface area contributed by atoms with Crippen LogP contribution in [0.15, 0.2) is 29.4 Å². The molecule has 1 aliphatic heterocycles. The number of carbonyl (C=O) groups excluding carboxylic acids is 4. The highest BCUT2D eigenvalue weighted by Gasteiger charge is 2.32. The molecule has 3 amide bonds. The van der Waals surface area contributed by atoms with E-state index in [1.54, 1.807) is 27.8 Å². The highest BCUT2D eigenvalue weighted by molar-refractivity contribution is 8.76. The first-order chi connectivity index (χ1) is 48.1. The Labute approximate surface area is 580 Å². The second-order valence-corrected chi connectivity index (χ2v) is 22.1. The molecule has 1 aromatic heterocycles. The molecule has 97 heavy (non-hydrogen) atoms. The topological polar surface area (TPSA) is 327 Å². The van der Waals surface area contributed by atoms with Crippen molar-refractivity contribution in [3.63, 3.8) is 0 Å². The smallest absolute Gasteiger partial charge is 0.335 e. The van der Waals surface area contributed by atoms with Crippen molar-refractivity contribution >= 4 is 45.3 Å². The fourth-order valence-corrected chi connectivity index (χ4v) is 8.97. The number of hydrogen-bond acceptors (Lipinski definition) is 32. The average molecular weight is 1440 g/mol. The summed E-state index contributed by atoms with van der Waals surface area (Å²) in [4.78, 5) is 55.5. The van der Waals surface area contributed by atoms with Crippen molar-refractivity contribution in [3.8, 4) is 0 Å². The first kappa shape index (κ1) is 90.1. The number of nitrogens with one attached hydrogen (secondary N) is 1. The summed E-state index contributed by atoms with van der Waals surface area (Å²) >= 11 is 0. The third-order valence-electron chi connectivity index (χ3n) is 12.0. The van der Waals surface area contributed by atoms with Crippen LogP contribution in [0.3, 0.4) is 0 Å². The van der Waals surface area contributed by atoms with Gasteiger partial charge in [-0.3, -0.25) is 14.4 Å². The van der Waals surface area contributed by atoms with Crippen molar-refractivity contribution in [2.24, 2.45) is 0 Å². The zero-order valence-electron chi connectivity index (χ0n) is 57.0. The molecule has 34 heteroatoms. The fraction of sp³-hybridized carbons (Fsp3) is 0.857. The van der Waals surface area contributed by atoms with Gasteiger partial charge < -0.3 is 124 Å². The third-order valence-corrected chi connectivity index (χ3v) is 14.2. The largest absolute Gasteiger partial charge is 0.378 e. The van der Waals surface area contributed by atoms with E-state index >= 15 is 0 Å². The maximum absolute atomic E-state index is 11.9. The zero-order chi connectivity index (χ0) is 69.0. The number of imide groups is 1. The monoisotopic (exact) mass is 1440 g/mol. The summed E-state index contributed by atoms with van der Waals surface area (Å²) in [6.45, 7) is 22.0. The Kier molecular flexibility index (Phi) is 70.2. The zero-order valence-corrected chi connectivity index (χ0v) is 58.7. The van der Waals surface area contributed by atoms with Crippen molar-refractivity contribution in [3.05, 3.63) is 24.4 Å². The van der Waals surface area contributed by atoms with Crippen LogP contribution in [0.5, 0.6) is 0 Å². The molecule has 566 valence electrons. The van der Waals surface area contributed by atoms with E-state index in [0.29, 0.717) is 328 Å². The van der Waals surface area contributed by atoms with Crippen LogP contribution >= 0.6 is 21.6 Å². The molecular weight excluding hydrogens is 1330 g/mol. The lowest BCUT2D eigenvalue weighted by Gasteiger charge is -2.12. The third kappa shape index (κ3) is 67.2. The van der Waals surface area contributed by atoms with Crippen molar-refractivity contribution in [2.45, 2.75) is 30.7 Å². The minimum absolute atomic E-state index is 0.00836. The van der Waals surface area contributed by atoms with E-state index in [9.17, 15) is 19.2 Å². The lowest BCUT2D eigenvalue weighted by Crippen LogP contribution is -2.32. The summed E-state index contributed by atoms with van der Waals surface area (Å²) in [5.41, 5.74) is 0. The van der Waals surface area contributed by atoms with Crippen LogP contribution in [-0.4, -0.2) is 363 Å². The van der Waals surface area contributed by atoms with Crippen molar-refractivity contribution < 1.29 is 138 Å². The van der Waals surface area contributed by atoms with Gasteiger partial charge in [-0.05, 0) is 22.9 Å². The summed E-state index contributed by atoms with van der Waals surface area (Å²) in [6.07, 6.45) is 2.22. The molecular formula is C63H113N3O29S2. The number of hydrogen-bond donors (Lipinski definition) is 1. The number of amides is 3. The van der Waals surface area contributed by atoms with Gasteiger partial charge in [0.2, 0.25) is 5.91 Å². The molecule has 0 unspecified atom stereocenters. The quantitative estimate of drug-likeness (QED) is 0.0551. The lowest BCUT2D eigenvalue weighted by atomic mass is 10.4. The van der Waals surface area contributed by atoms with E-state index in [1.165, 1.54) is 0 Å². The summed E-state index contributed by atoms with van der Waals surface area (Å²) in [7, 11) is 3.18. The molecule has 1 aliphatic rings. The van der Waals surface area contributed by atoms with Crippen LogP contribution in [-0.2, 0) is 138 Å². The van der Waals surface area contributed by atoms with Gasteiger partial charge in [0.25, 0.3) is 11.8 Å². The maximum atomic E-state index is 11.9. The number of hydroxylamine groups is 2. The van der Waals surface area contributed by atoms with E-state index in [0.717, 1.165) is 5.03 Å².